The van der Waals surface area contributed by atoms with Crippen molar-refractivity contribution in [3.8, 4) is 0 Å². The van der Waals surface area contributed by atoms with E-state index in [1.165, 1.54) is 10.7 Å². The molecule has 0 saturated carbocycles. The first kappa shape index (κ1) is 10.6. The zero-order valence-electron chi connectivity index (χ0n) is 7.85. The third-order valence-electron chi connectivity index (χ3n) is 2.10. The highest BCUT2D eigenvalue weighted by atomic mass is 79.9. The number of fused-ring (bicyclic) bond motifs is 1. The smallest absolute Gasteiger partial charge is 0.306 e. The molecule has 6 heteroatoms. The van der Waals surface area contributed by atoms with Crippen molar-refractivity contribution >= 4 is 26.8 Å². The molecule has 5 nitrogen and oxygen atoms in total. The van der Waals surface area contributed by atoms with Gasteiger partial charge in [-0.25, -0.2) is 0 Å². The Morgan fingerprint density at radius 3 is 2.60 bits per heavy atom. The Hall–Kier alpha value is -0.950. The summed E-state index contributed by atoms with van der Waals surface area (Å²) in [5, 5.41) is 32.2. The van der Waals surface area contributed by atoms with Gasteiger partial charge in [0.2, 0.25) is 0 Å². The van der Waals surface area contributed by atoms with Crippen LogP contribution in [0.25, 0.3) is 10.9 Å². The summed E-state index contributed by atoms with van der Waals surface area (Å²) in [6.07, 6.45) is 1.72. The number of aryl methyl sites for hydroxylation is 1. The van der Waals surface area contributed by atoms with E-state index in [2.05, 4.69) is 21.0 Å². The maximum atomic E-state index is 9.13. The van der Waals surface area contributed by atoms with Crippen molar-refractivity contribution < 1.29 is 15.3 Å². The normalized spacial score (nSPS) is 12.3. The van der Waals surface area contributed by atoms with Crippen LogP contribution in [0.2, 0.25) is 0 Å². The van der Waals surface area contributed by atoms with E-state index in [4.69, 9.17) is 15.3 Å². The van der Waals surface area contributed by atoms with Crippen LogP contribution in [-0.2, 0) is 13.0 Å². The predicted octanol–water partition coefficient (Wildman–Crippen LogP) is 0.423. The molecule has 0 spiro atoms. The molecule has 1 heterocycles. The maximum absolute atomic E-state index is 9.13. The summed E-state index contributed by atoms with van der Waals surface area (Å²) in [5.41, 5.74) is 0.306. The molecule has 0 fully saturated rings. The number of rotatable bonds is 1. The third kappa shape index (κ3) is 1.76. The Balaban J connectivity index is 2.83. The summed E-state index contributed by atoms with van der Waals surface area (Å²) in [5.74, 6) is -2.87. The van der Waals surface area contributed by atoms with Gasteiger partial charge in [-0.3, -0.25) is 4.68 Å². The number of nitrogens with zero attached hydrogens (tertiary/aromatic N) is 2. The topological polar surface area (TPSA) is 78.5 Å². The van der Waals surface area contributed by atoms with Crippen LogP contribution in [0, 0.1) is 0 Å². The Morgan fingerprint density at radius 1 is 1.33 bits per heavy atom. The molecule has 0 bridgehead atoms. The third-order valence-corrected chi connectivity index (χ3v) is 2.79. The quantitative estimate of drug-likeness (QED) is 0.658. The molecule has 80 valence electrons. The molecule has 0 radical (unpaired) electrons. The van der Waals surface area contributed by atoms with Gasteiger partial charge in [-0.15, -0.1) is 0 Å². The van der Waals surface area contributed by atoms with E-state index in [0.29, 0.717) is 10.9 Å². The van der Waals surface area contributed by atoms with E-state index in [1.54, 1.807) is 19.3 Å². The summed E-state index contributed by atoms with van der Waals surface area (Å²) in [6.45, 7) is 0. The molecule has 3 N–H and O–H groups in total. The van der Waals surface area contributed by atoms with Crippen molar-refractivity contribution in [2.75, 3.05) is 0 Å². The van der Waals surface area contributed by atoms with Gasteiger partial charge in [0.25, 0.3) is 0 Å². The molecule has 1 aromatic carbocycles. The van der Waals surface area contributed by atoms with Crippen LogP contribution >= 0.6 is 15.9 Å². The summed E-state index contributed by atoms with van der Waals surface area (Å²) in [6, 6.07) is 3.02. The number of aromatic nitrogens is 2. The second-order valence-electron chi connectivity index (χ2n) is 3.30. The molecule has 0 aliphatic heterocycles. The zero-order valence-corrected chi connectivity index (χ0v) is 9.43. The van der Waals surface area contributed by atoms with Gasteiger partial charge in [0.15, 0.2) is 0 Å². The van der Waals surface area contributed by atoms with Crippen LogP contribution < -0.4 is 0 Å². The van der Waals surface area contributed by atoms with Crippen LogP contribution in [0.3, 0.4) is 0 Å². The summed E-state index contributed by atoms with van der Waals surface area (Å²) >= 11 is 3.31. The highest BCUT2D eigenvalue weighted by molar-refractivity contribution is 9.10. The van der Waals surface area contributed by atoms with Gasteiger partial charge in [-0.1, -0.05) is 15.9 Å². The molecule has 0 unspecified atom stereocenters. The molecule has 2 aromatic rings. The molecular formula is C9H9BrN2O3. The predicted molar refractivity (Wildman–Crippen MR) is 56.7 cm³/mol. The average Bonchev–Trinajstić information content (AvgIpc) is 2.45. The highest BCUT2D eigenvalue weighted by Crippen LogP contribution is 2.29. The molecule has 0 saturated heterocycles. The Kier molecular flexibility index (Phi) is 2.31. The maximum Gasteiger partial charge on any atom is 0.306 e. The first-order valence-corrected chi connectivity index (χ1v) is 4.98. The van der Waals surface area contributed by atoms with Gasteiger partial charge in [-0.05, 0) is 12.1 Å². The van der Waals surface area contributed by atoms with Crippen LogP contribution in [0.5, 0.6) is 0 Å². The lowest BCUT2D eigenvalue weighted by Gasteiger charge is -2.14. The minimum Gasteiger partial charge on any atom is -0.340 e. The molecule has 2 rings (SSSR count). The van der Waals surface area contributed by atoms with Crippen molar-refractivity contribution in [3.05, 3.63) is 28.4 Å². The van der Waals surface area contributed by atoms with Crippen molar-refractivity contribution in [1.82, 2.24) is 9.78 Å². The fourth-order valence-corrected chi connectivity index (χ4v) is 1.88. The number of hydrogen-bond acceptors (Lipinski definition) is 4. The second kappa shape index (κ2) is 3.28. The van der Waals surface area contributed by atoms with E-state index in [0.717, 1.165) is 4.47 Å². The molecule has 0 aliphatic rings. The summed E-state index contributed by atoms with van der Waals surface area (Å²) in [4.78, 5) is 0. The van der Waals surface area contributed by atoms with Crippen LogP contribution in [0.15, 0.2) is 22.8 Å². The molecule has 15 heavy (non-hydrogen) atoms. The van der Waals surface area contributed by atoms with Crippen LogP contribution in [-0.4, -0.2) is 25.1 Å². The van der Waals surface area contributed by atoms with E-state index in [1.807, 2.05) is 0 Å². The monoisotopic (exact) mass is 272 g/mol. The molecule has 0 aliphatic carbocycles. The Morgan fingerprint density at radius 2 is 2.00 bits per heavy atom. The standard InChI is InChI=1S/C9H9BrN2O3/c1-12-4-5-7(10)3-2-6(8(5)11-12)9(13,14)15/h2-4,13-15H,1H3. The molecule has 1 aromatic heterocycles. The van der Waals surface area contributed by atoms with Crippen LogP contribution in [0.1, 0.15) is 5.56 Å². The Labute approximate surface area is 93.7 Å². The first-order valence-electron chi connectivity index (χ1n) is 4.19. The van der Waals surface area contributed by atoms with E-state index in [9.17, 15) is 0 Å². The van der Waals surface area contributed by atoms with E-state index in [-0.39, 0.29) is 5.56 Å². The molecule has 0 amide bonds. The lowest BCUT2D eigenvalue weighted by atomic mass is 10.1. The minimum absolute atomic E-state index is 0.0405. The first-order chi connectivity index (χ1) is 6.89. The van der Waals surface area contributed by atoms with Gasteiger partial charge < -0.3 is 15.3 Å². The summed E-state index contributed by atoms with van der Waals surface area (Å²) in [7, 11) is 1.71. The van der Waals surface area contributed by atoms with Crippen LogP contribution in [0.4, 0.5) is 0 Å². The fourth-order valence-electron chi connectivity index (χ4n) is 1.46. The van der Waals surface area contributed by atoms with Gasteiger partial charge >= 0.3 is 5.97 Å². The largest absolute Gasteiger partial charge is 0.340 e. The number of benzene rings is 1. The fraction of sp³-hybridized carbons (Fsp3) is 0.222. The highest BCUT2D eigenvalue weighted by Gasteiger charge is 2.26. The average molecular weight is 273 g/mol. The van der Waals surface area contributed by atoms with Gasteiger partial charge in [0, 0.05) is 23.1 Å². The lowest BCUT2D eigenvalue weighted by molar-refractivity contribution is -0.323. The van der Waals surface area contributed by atoms with Gasteiger partial charge in [0.05, 0.1) is 5.56 Å². The molecule has 0 atom stereocenters. The Bertz CT molecular complexity index is 516. The van der Waals surface area contributed by atoms with Crippen molar-refractivity contribution in [2.45, 2.75) is 5.97 Å². The SMILES string of the molecule is Cn1cc2c(Br)ccc(C(O)(O)O)c2n1. The van der Waals surface area contributed by atoms with E-state index < -0.39 is 5.97 Å². The number of aliphatic hydroxyl groups is 3. The zero-order chi connectivity index (χ0) is 11.2. The van der Waals surface area contributed by atoms with Gasteiger partial charge in [0.1, 0.15) is 5.52 Å². The molecular weight excluding hydrogens is 264 g/mol. The summed E-state index contributed by atoms with van der Waals surface area (Å²) < 4.78 is 2.31. The van der Waals surface area contributed by atoms with Crippen molar-refractivity contribution in [1.29, 1.82) is 0 Å². The van der Waals surface area contributed by atoms with Gasteiger partial charge in [-0.2, -0.15) is 5.10 Å². The number of hydrogen-bond donors (Lipinski definition) is 3. The van der Waals surface area contributed by atoms with Crippen molar-refractivity contribution in [2.24, 2.45) is 7.05 Å². The second-order valence-corrected chi connectivity index (χ2v) is 4.15. The van der Waals surface area contributed by atoms with E-state index >= 15 is 0 Å². The lowest BCUT2D eigenvalue weighted by Crippen LogP contribution is -2.24. The minimum atomic E-state index is -2.87. The number of halogens is 1. The van der Waals surface area contributed by atoms with Crippen molar-refractivity contribution in [3.63, 3.8) is 0 Å².